The number of nitrogens with zero attached hydrogens (tertiary/aromatic N) is 5. The molecule has 1 fully saturated rings. The smallest absolute Gasteiger partial charge is 0.248 e. The Morgan fingerprint density at radius 1 is 1.34 bits per heavy atom. The summed E-state index contributed by atoms with van der Waals surface area (Å²) >= 11 is 6.03. The number of rotatable bonds is 6. The third-order valence-corrected chi connectivity index (χ3v) is 5.07. The first-order valence-electron chi connectivity index (χ1n) is 10.1. The van der Waals surface area contributed by atoms with Crippen LogP contribution in [0.4, 0.5) is 10.2 Å². The summed E-state index contributed by atoms with van der Waals surface area (Å²) in [6.45, 7) is 4.28. The molecule has 0 amide bonds. The minimum atomic E-state index is -0.310. The molecular formula is C21H24ClFIN7O. The van der Waals surface area contributed by atoms with E-state index in [4.69, 9.17) is 16.1 Å². The normalized spacial score (nSPS) is 16.0. The molecule has 1 atom stereocenters. The molecule has 3 aromatic rings. The number of hydrogen-bond donors (Lipinski definition) is 2. The van der Waals surface area contributed by atoms with E-state index in [0.29, 0.717) is 41.6 Å². The Morgan fingerprint density at radius 3 is 3.00 bits per heavy atom. The average molecular weight is 572 g/mol. The predicted molar refractivity (Wildman–Crippen MR) is 133 cm³/mol. The van der Waals surface area contributed by atoms with Crippen LogP contribution < -0.4 is 15.5 Å². The van der Waals surface area contributed by atoms with Crippen LogP contribution in [0.3, 0.4) is 0 Å². The van der Waals surface area contributed by atoms with Crippen molar-refractivity contribution in [3.8, 4) is 11.4 Å². The van der Waals surface area contributed by atoms with Crippen LogP contribution in [0.5, 0.6) is 0 Å². The number of hydrogen-bond acceptors (Lipinski definition) is 6. The lowest BCUT2D eigenvalue weighted by Gasteiger charge is -2.19. The van der Waals surface area contributed by atoms with E-state index in [0.717, 1.165) is 18.5 Å². The second-order valence-corrected chi connectivity index (χ2v) is 7.54. The molecule has 11 heteroatoms. The van der Waals surface area contributed by atoms with Gasteiger partial charge in [-0.2, -0.15) is 4.98 Å². The Hall–Kier alpha value is -2.47. The van der Waals surface area contributed by atoms with Crippen LogP contribution in [0.25, 0.3) is 11.4 Å². The number of aliphatic imine (C=N–C) groups is 1. The van der Waals surface area contributed by atoms with Gasteiger partial charge in [-0.15, -0.1) is 24.0 Å². The second-order valence-electron chi connectivity index (χ2n) is 7.10. The fourth-order valence-electron chi connectivity index (χ4n) is 3.40. The van der Waals surface area contributed by atoms with Gasteiger partial charge in [0.25, 0.3) is 0 Å². The summed E-state index contributed by atoms with van der Waals surface area (Å²) in [5.74, 6) is 1.58. The van der Waals surface area contributed by atoms with Gasteiger partial charge in [0.15, 0.2) is 17.6 Å². The number of aromatic nitrogens is 3. The quantitative estimate of drug-likeness (QED) is 0.264. The Labute approximate surface area is 207 Å². The molecule has 2 N–H and O–H groups in total. The molecule has 8 nitrogen and oxygen atoms in total. The first-order chi connectivity index (χ1) is 15.1. The lowest BCUT2D eigenvalue weighted by atomic mass is 10.2. The lowest BCUT2D eigenvalue weighted by molar-refractivity contribution is 0.380. The average Bonchev–Trinajstić information content (AvgIpc) is 3.42. The highest BCUT2D eigenvalue weighted by atomic mass is 127. The van der Waals surface area contributed by atoms with Gasteiger partial charge in [0.05, 0.1) is 0 Å². The second kappa shape index (κ2) is 11.4. The molecule has 1 aromatic carbocycles. The van der Waals surface area contributed by atoms with Crippen molar-refractivity contribution in [2.24, 2.45) is 4.99 Å². The summed E-state index contributed by atoms with van der Waals surface area (Å²) in [6, 6.07) is 10.4. The Morgan fingerprint density at radius 2 is 2.22 bits per heavy atom. The standard InChI is InChI=1S/C21H23ClFN7O.HI/c1-2-24-21(27-16-8-10-30(13-16)20-17(23)7-4-9-25-20)26-12-18-28-19(29-31-18)14-5-3-6-15(22)11-14;/h3-7,9,11,16H,2,8,10,12-13H2,1H3,(H2,24,26,27);1H. The Bertz CT molecular complexity index is 1060. The van der Waals surface area contributed by atoms with E-state index in [-0.39, 0.29) is 42.4 Å². The molecule has 1 saturated heterocycles. The first kappa shape index (κ1) is 24.2. The number of nitrogens with one attached hydrogen (secondary N) is 2. The maximum Gasteiger partial charge on any atom is 0.248 e. The molecule has 32 heavy (non-hydrogen) atoms. The molecule has 1 aliphatic rings. The van der Waals surface area contributed by atoms with Crippen molar-refractivity contribution in [1.82, 2.24) is 25.8 Å². The van der Waals surface area contributed by atoms with Gasteiger partial charge in [0.2, 0.25) is 11.7 Å². The third kappa shape index (κ3) is 6.06. The number of halogens is 3. The molecule has 4 rings (SSSR count). The van der Waals surface area contributed by atoms with Crippen LogP contribution in [0.2, 0.25) is 5.02 Å². The number of anilines is 1. The van der Waals surface area contributed by atoms with E-state index in [9.17, 15) is 4.39 Å². The number of pyridine rings is 1. The summed E-state index contributed by atoms with van der Waals surface area (Å²) in [5, 5.41) is 11.2. The monoisotopic (exact) mass is 571 g/mol. The minimum absolute atomic E-state index is 0. The zero-order chi connectivity index (χ0) is 21.6. The van der Waals surface area contributed by atoms with Crippen molar-refractivity contribution in [2.75, 3.05) is 24.5 Å². The van der Waals surface area contributed by atoms with Gasteiger partial charge >= 0.3 is 0 Å². The van der Waals surface area contributed by atoms with E-state index in [1.165, 1.54) is 6.07 Å². The van der Waals surface area contributed by atoms with E-state index < -0.39 is 0 Å². The van der Waals surface area contributed by atoms with Crippen molar-refractivity contribution >= 4 is 47.4 Å². The number of benzene rings is 1. The van der Waals surface area contributed by atoms with Crippen molar-refractivity contribution in [3.63, 3.8) is 0 Å². The van der Waals surface area contributed by atoms with Crippen molar-refractivity contribution in [3.05, 3.63) is 59.3 Å². The van der Waals surface area contributed by atoms with Gasteiger partial charge in [-0.05, 0) is 37.6 Å². The highest BCUT2D eigenvalue weighted by Gasteiger charge is 2.26. The van der Waals surface area contributed by atoms with Gasteiger partial charge in [-0.3, -0.25) is 0 Å². The van der Waals surface area contributed by atoms with Gasteiger partial charge < -0.3 is 20.1 Å². The van der Waals surface area contributed by atoms with E-state index >= 15 is 0 Å². The Balaban J connectivity index is 0.00000289. The molecule has 2 aromatic heterocycles. The number of guanidine groups is 1. The summed E-state index contributed by atoms with van der Waals surface area (Å²) in [4.78, 5) is 15.0. The largest absolute Gasteiger partial charge is 0.357 e. The van der Waals surface area contributed by atoms with Crippen LogP contribution in [-0.4, -0.2) is 46.8 Å². The van der Waals surface area contributed by atoms with Crippen LogP contribution in [0.15, 0.2) is 52.1 Å². The summed E-state index contributed by atoms with van der Waals surface area (Å²) in [7, 11) is 0. The SMILES string of the molecule is CCNC(=NCc1nc(-c2cccc(Cl)c2)no1)NC1CCN(c2ncccc2F)C1.I. The molecule has 1 aliphatic heterocycles. The summed E-state index contributed by atoms with van der Waals surface area (Å²) in [5.41, 5.74) is 0.782. The van der Waals surface area contributed by atoms with E-state index in [1.807, 2.05) is 24.0 Å². The minimum Gasteiger partial charge on any atom is -0.357 e. The van der Waals surface area contributed by atoms with Crippen LogP contribution >= 0.6 is 35.6 Å². The molecule has 1 unspecified atom stereocenters. The van der Waals surface area contributed by atoms with Gasteiger partial charge in [-0.1, -0.05) is 28.9 Å². The molecular weight excluding hydrogens is 548 g/mol. The Kier molecular flexibility index (Phi) is 8.62. The van der Waals surface area contributed by atoms with Crippen molar-refractivity contribution < 1.29 is 8.91 Å². The zero-order valence-corrected chi connectivity index (χ0v) is 20.5. The zero-order valence-electron chi connectivity index (χ0n) is 17.5. The topological polar surface area (TPSA) is 91.5 Å². The maximum absolute atomic E-state index is 14.0. The van der Waals surface area contributed by atoms with Gasteiger partial charge in [-0.25, -0.2) is 14.4 Å². The van der Waals surface area contributed by atoms with Crippen LogP contribution in [0.1, 0.15) is 19.2 Å². The molecule has 0 saturated carbocycles. The van der Waals surface area contributed by atoms with Crippen LogP contribution in [0, 0.1) is 5.82 Å². The molecule has 170 valence electrons. The predicted octanol–water partition coefficient (Wildman–Crippen LogP) is 3.88. The maximum atomic E-state index is 14.0. The van der Waals surface area contributed by atoms with E-state index in [1.54, 1.807) is 24.4 Å². The van der Waals surface area contributed by atoms with E-state index in [2.05, 4.69) is 30.8 Å². The van der Waals surface area contributed by atoms with Gasteiger partial charge in [0, 0.05) is 42.5 Å². The van der Waals surface area contributed by atoms with Crippen LogP contribution in [-0.2, 0) is 6.54 Å². The lowest BCUT2D eigenvalue weighted by Crippen LogP contribution is -2.44. The fraction of sp³-hybridized carbons (Fsp3) is 0.333. The summed E-state index contributed by atoms with van der Waals surface area (Å²) < 4.78 is 19.3. The van der Waals surface area contributed by atoms with Crippen molar-refractivity contribution in [2.45, 2.75) is 25.9 Å². The molecule has 0 spiro atoms. The van der Waals surface area contributed by atoms with Gasteiger partial charge in [0.1, 0.15) is 6.54 Å². The highest BCUT2D eigenvalue weighted by Crippen LogP contribution is 2.21. The highest BCUT2D eigenvalue weighted by molar-refractivity contribution is 14.0. The molecule has 0 bridgehead atoms. The molecule has 3 heterocycles. The first-order valence-corrected chi connectivity index (χ1v) is 10.5. The molecule has 0 radical (unpaired) electrons. The molecule has 0 aliphatic carbocycles. The third-order valence-electron chi connectivity index (χ3n) is 4.84. The van der Waals surface area contributed by atoms with Crippen molar-refractivity contribution in [1.29, 1.82) is 0 Å². The summed E-state index contributed by atoms with van der Waals surface area (Å²) in [6.07, 6.45) is 2.45. The fourth-order valence-corrected chi connectivity index (χ4v) is 3.59.